The van der Waals surface area contributed by atoms with Crippen LogP contribution in [0.25, 0.3) is 0 Å². The molecule has 0 bridgehead atoms. The van der Waals surface area contributed by atoms with Crippen LogP contribution in [-0.2, 0) is 0 Å². The Labute approximate surface area is 119 Å². The highest BCUT2D eigenvalue weighted by Crippen LogP contribution is 2.05. The van der Waals surface area contributed by atoms with E-state index in [1.54, 1.807) is 0 Å². The van der Waals surface area contributed by atoms with Crippen molar-refractivity contribution in [3.8, 4) is 22.9 Å². The molecule has 0 radical (unpaired) electrons. The molecule has 0 heterocycles. The maximum atomic E-state index is 8.08. The van der Waals surface area contributed by atoms with Gasteiger partial charge in [0.2, 0.25) is 0 Å². The van der Waals surface area contributed by atoms with Crippen LogP contribution in [0.1, 0.15) is 16.6 Å². The molecule has 0 saturated carbocycles. The fourth-order valence-electron chi connectivity index (χ4n) is 0.938. The summed E-state index contributed by atoms with van der Waals surface area (Å²) in [5.41, 5.74) is 6.56. The minimum atomic E-state index is -1.65. The van der Waals surface area contributed by atoms with E-state index in [0.717, 1.165) is 0 Å². The van der Waals surface area contributed by atoms with Crippen molar-refractivity contribution in [2.75, 3.05) is 0 Å². The zero-order valence-corrected chi connectivity index (χ0v) is 14.0. The molecule has 0 aliphatic rings. The fraction of sp³-hybridized carbons (Fsp3) is 0.375. The lowest BCUT2D eigenvalue weighted by atomic mass is 10.1. The van der Waals surface area contributed by atoms with Gasteiger partial charge < -0.3 is 0 Å². The molecule has 0 unspecified atom stereocenters. The van der Waals surface area contributed by atoms with Crippen LogP contribution in [0.5, 0.6) is 0 Å². The van der Waals surface area contributed by atoms with Gasteiger partial charge in [-0.15, -0.1) is 11.1 Å². The minimum absolute atomic E-state index is 0.0911. The average molecular weight is 275 g/mol. The van der Waals surface area contributed by atoms with Crippen LogP contribution in [0.4, 0.5) is 0 Å². The van der Waals surface area contributed by atoms with Crippen LogP contribution >= 0.6 is 0 Å². The molecule has 0 aliphatic heterocycles. The monoisotopic (exact) mass is 274 g/mol. The third-order valence-corrected chi connectivity index (χ3v) is 3.50. The molecule has 94 valence electrons. The van der Waals surface area contributed by atoms with Crippen molar-refractivity contribution < 1.29 is 5.48 Å². The third-order valence-electron chi connectivity index (χ3n) is 1.75. The Morgan fingerprint density at radius 2 is 1.00 bits per heavy atom. The molecule has 0 spiro atoms. The molecular weight excluding hydrogens is 248 g/mol. The molecule has 1 rings (SSSR count). The molecule has 0 saturated heterocycles. The third kappa shape index (κ3) is 6.49. The lowest BCUT2D eigenvalue weighted by Gasteiger charge is -2.04. The van der Waals surface area contributed by atoms with Crippen molar-refractivity contribution in [2.24, 2.45) is 0 Å². The second-order valence-electron chi connectivity index (χ2n) is 6.25. The molecule has 18 heavy (non-hydrogen) atoms. The molecule has 0 nitrogen and oxygen atoms in total. The number of hydrogen-bond acceptors (Lipinski definition) is 0. The fourth-order valence-corrected chi connectivity index (χ4v) is 1.94. The lowest BCUT2D eigenvalue weighted by Crippen LogP contribution is -2.16. The Kier molecular flexibility index (Phi) is 3.01. The van der Waals surface area contributed by atoms with E-state index in [9.17, 15) is 0 Å². The summed E-state index contributed by atoms with van der Waals surface area (Å²) in [6.07, 6.45) is 0. The minimum Gasteiger partial charge on any atom is -0.127 e. The van der Waals surface area contributed by atoms with E-state index in [1.807, 2.05) is 0 Å². The topological polar surface area (TPSA) is 0 Å². The van der Waals surface area contributed by atoms with Gasteiger partial charge in [0.1, 0.15) is 16.1 Å². The standard InChI is InChI=1S/C16H22Si2/c1-17(2,3)13-11-15-7-9-16(10-8-15)12-14-18(4,5)6/h7-10H,1-6H3/i7D,8D,9D,10D. The van der Waals surface area contributed by atoms with Gasteiger partial charge in [-0.2, -0.15) is 0 Å². The Morgan fingerprint density at radius 3 is 1.22 bits per heavy atom. The summed E-state index contributed by atoms with van der Waals surface area (Å²) < 4.78 is 32.3. The van der Waals surface area contributed by atoms with Crippen LogP contribution < -0.4 is 0 Å². The summed E-state index contributed by atoms with van der Waals surface area (Å²) in [7, 11) is -3.29. The molecule has 1 aromatic rings. The van der Waals surface area contributed by atoms with Gasteiger partial charge in [-0.1, -0.05) is 51.1 Å². The van der Waals surface area contributed by atoms with Gasteiger partial charge in [-0.05, 0) is 24.2 Å². The summed E-state index contributed by atoms with van der Waals surface area (Å²) >= 11 is 0. The molecule has 1 aromatic carbocycles. The van der Waals surface area contributed by atoms with Gasteiger partial charge in [0.05, 0.1) is 5.48 Å². The first kappa shape index (κ1) is 9.67. The highest BCUT2D eigenvalue weighted by Gasteiger charge is 2.08. The van der Waals surface area contributed by atoms with Crippen LogP contribution in [0.3, 0.4) is 0 Å². The number of benzene rings is 1. The quantitative estimate of drug-likeness (QED) is 0.492. The van der Waals surface area contributed by atoms with Gasteiger partial charge >= 0.3 is 0 Å². The predicted octanol–water partition coefficient (Wildman–Crippen LogP) is 4.14. The largest absolute Gasteiger partial charge is 0.129 e. The van der Waals surface area contributed by atoms with Crippen molar-refractivity contribution in [1.82, 2.24) is 0 Å². The predicted molar refractivity (Wildman–Crippen MR) is 86.9 cm³/mol. The van der Waals surface area contributed by atoms with Crippen molar-refractivity contribution in [2.45, 2.75) is 39.3 Å². The second-order valence-corrected chi connectivity index (χ2v) is 15.8. The Hall–Kier alpha value is -1.23. The van der Waals surface area contributed by atoms with Gasteiger partial charge in [0.15, 0.2) is 0 Å². The van der Waals surface area contributed by atoms with Crippen molar-refractivity contribution in [3.63, 3.8) is 0 Å². The number of rotatable bonds is 0. The molecular formula is C16H22Si2. The van der Waals surface area contributed by atoms with E-state index < -0.39 is 16.1 Å². The lowest BCUT2D eigenvalue weighted by molar-refractivity contribution is 1.60. The number of hydrogen-bond donors (Lipinski definition) is 0. The van der Waals surface area contributed by atoms with Gasteiger partial charge in [-0.3, -0.25) is 0 Å². The summed E-state index contributed by atoms with van der Waals surface area (Å²) in [5, 5.41) is 0. The van der Waals surface area contributed by atoms with Crippen LogP contribution in [-0.4, -0.2) is 16.1 Å². The Balaban J connectivity index is 3.57. The smallest absolute Gasteiger partial charge is 0.127 e. The summed E-state index contributed by atoms with van der Waals surface area (Å²) in [6, 6.07) is -0.364. The van der Waals surface area contributed by atoms with E-state index in [2.05, 4.69) is 62.2 Å². The van der Waals surface area contributed by atoms with Gasteiger partial charge in [0.25, 0.3) is 0 Å². The summed E-state index contributed by atoms with van der Waals surface area (Å²) in [4.78, 5) is 0. The first-order valence-electron chi connectivity index (χ1n) is 8.00. The molecule has 0 fully saturated rings. The normalized spacial score (nSPS) is 14.1. The summed E-state index contributed by atoms with van der Waals surface area (Å²) in [5.74, 6) is 5.72. The molecule has 0 aliphatic carbocycles. The molecule has 2 heteroatoms. The molecule has 0 amide bonds. The Morgan fingerprint density at radius 1 is 0.722 bits per heavy atom. The maximum absolute atomic E-state index is 8.08. The van der Waals surface area contributed by atoms with Gasteiger partial charge in [-0.25, -0.2) is 0 Å². The zero-order chi connectivity index (χ0) is 17.3. The van der Waals surface area contributed by atoms with E-state index in [-0.39, 0.29) is 35.3 Å². The van der Waals surface area contributed by atoms with Crippen molar-refractivity contribution in [3.05, 3.63) is 35.3 Å². The zero-order valence-electron chi connectivity index (χ0n) is 16.0. The van der Waals surface area contributed by atoms with E-state index in [1.165, 1.54) is 0 Å². The molecule has 0 N–H and O–H groups in total. The van der Waals surface area contributed by atoms with Crippen molar-refractivity contribution >= 4 is 16.1 Å². The van der Waals surface area contributed by atoms with Crippen LogP contribution in [0.15, 0.2) is 24.2 Å². The maximum Gasteiger partial charge on any atom is 0.129 e. The van der Waals surface area contributed by atoms with Gasteiger partial charge in [0, 0.05) is 11.1 Å². The highest BCUT2D eigenvalue weighted by molar-refractivity contribution is 6.84. The first-order chi connectivity index (χ1) is 9.83. The van der Waals surface area contributed by atoms with Crippen LogP contribution in [0.2, 0.25) is 39.3 Å². The molecule has 0 aromatic heterocycles. The first-order valence-corrected chi connectivity index (χ1v) is 13.0. The Bertz CT molecular complexity index is 625. The highest BCUT2D eigenvalue weighted by atomic mass is 28.3. The summed E-state index contributed by atoms with van der Waals surface area (Å²) in [6.45, 7) is 12.4. The van der Waals surface area contributed by atoms with E-state index in [0.29, 0.717) is 0 Å². The van der Waals surface area contributed by atoms with Crippen molar-refractivity contribution in [1.29, 1.82) is 0 Å². The average Bonchev–Trinajstić information content (AvgIpc) is 2.33. The second kappa shape index (κ2) is 5.61. The van der Waals surface area contributed by atoms with E-state index in [4.69, 9.17) is 5.48 Å². The SMILES string of the molecule is [2H]c1c([2H])c(C#C[Si](C)(C)C)c([2H])c([2H])c1C#C[Si](C)(C)C. The van der Waals surface area contributed by atoms with E-state index >= 15 is 0 Å². The van der Waals surface area contributed by atoms with Crippen LogP contribution in [0, 0.1) is 22.9 Å². The molecule has 0 atom stereocenters.